The van der Waals surface area contributed by atoms with Crippen LogP contribution in [0.4, 0.5) is 0 Å². The zero-order valence-electron chi connectivity index (χ0n) is 51.2. The van der Waals surface area contributed by atoms with Gasteiger partial charge in [0.05, 0.1) is 0 Å². The van der Waals surface area contributed by atoms with Gasteiger partial charge in [0.1, 0.15) is 13.2 Å². The van der Waals surface area contributed by atoms with Crippen LogP contribution in [0.5, 0.6) is 0 Å². The van der Waals surface area contributed by atoms with Crippen LogP contribution in [0.1, 0.15) is 342 Å². The molecule has 6 heteroatoms. The number of allylic oxidation sites excluding steroid dienone is 12. The van der Waals surface area contributed by atoms with E-state index in [2.05, 4.69) is 93.7 Å². The molecule has 0 heterocycles. The first-order valence-corrected chi connectivity index (χ1v) is 33.4. The first-order chi connectivity index (χ1) is 38.0. The fourth-order valence-corrected chi connectivity index (χ4v) is 9.70. The zero-order valence-corrected chi connectivity index (χ0v) is 51.2. The smallest absolute Gasteiger partial charge is 0.306 e. The van der Waals surface area contributed by atoms with E-state index in [1.807, 2.05) is 0 Å². The minimum atomic E-state index is -0.785. The van der Waals surface area contributed by atoms with E-state index in [-0.39, 0.29) is 31.1 Å². The largest absolute Gasteiger partial charge is 0.462 e. The van der Waals surface area contributed by atoms with Crippen LogP contribution < -0.4 is 0 Å². The predicted molar refractivity (Wildman–Crippen MR) is 335 cm³/mol. The van der Waals surface area contributed by atoms with Crippen molar-refractivity contribution in [2.75, 3.05) is 13.2 Å². The molecule has 1 unspecified atom stereocenters. The average Bonchev–Trinajstić information content (AvgIpc) is 3.43. The highest BCUT2D eigenvalue weighted by atomic mass is 16.6. The first kappa shape index (κ1) is 73.8. The second-order valence-electron chi connectivity index (χ2n) is 22.4. The van der Waals surface area contributed by atoms with Crippen molar-refractivity contribution >= 4 is 17.9 Å². The van der Waals surface area contributed by atoms with E-state index in [0.717, 1.165) is 103 Å². The molecule has 0 fully saturated rings. The van der Waals surface area contributed by atoms with Crippen LogP contribution in [0.15, 0.2) is 72.9 Å². The molecule has 0 radical (unpaired) electrons. The van der Waals surface area contributed by atoms with E-state index < -0.39 is 6.10 Å². The van der Waals surface area contributed by atoms with Gasteiger partial charge in [-0.15, -0.1) is 0 Å². The molecule has 0 saturated carbocycles. The number of hydrogen-bond acceptors (Lipinski definition) is 6. The molecule has 0 spiro atoms. The highest BCUT2D eigenvalue weighted by Gasteiger charge is 2.19. The van der Waals surface area contributed by atoms with Crippen LogP contribution in [-0.4, -0.2) is 37.2 Å². The Balaban J connectivity index is 4.06. The van der Waals surface area contributed by atoms with E-state index in [4.69, 9.17) is 14.2 Å². The lowest BCUT2D eigenvalue weighted by atomic mass is 10.0. The van der Waals surface area contributed by atoms with Gasteiger partial charge in [0.2, 0.25) is 0 Å². The van der Waals surface area contributed by atoms with Crippen LogP contribution in [0, 0.1) is 0 Å². The van der Waals surface area contributed by atoms with E-state index in [0.29, 0.717) is 19.3 Å². The van der Waals surface area contributed by atoms with Crippen LogP contribution in [0.25, 0.3) is 0 Å². The molecule has 0 rings (SSSR count). The number of unbranched alkanes of at least 4 members (excludes halogenated alkanes) is 38. The molecule has 0 aliphatic rings. The van der Waals surface area contributed by atoms with Crippen molar-refractivity contribution in [1.29, 1.82) is 0 Å². The fourth-order valence-electron chi connectivity index (χ4n) is 9.70. The van der Waals surface area contributed by atoms with Crippen molar-refractivity contribution in [2.24, 2.45) is 0 Å². The Kier molecular flexibility index (Phi) is 62.7. The molecule has 0 aromatic carbocycles. The van der Waals surface area contributed by atoms with Crippen molar-refractivity contribution in [3.8, 4) is 0 Å². The first-order valence-electron chi connectivity index (χ1n) is 33.4. The molecule has 0 bridgehead atoms. The predicted octanol–water partition coefficient (Wildman–Crippen LogP) is 22.9. The van der Waals surface area contributed by atoms with Crippen molar-refractivity contribution in [1.82, 2.24) is 0 Å². The third kappa shape index (κ3) is 63.6. The van der Waals surface area contributed by atoms with Gasteiger partial charge in [0.15, 0.2) is 6.10 Å². The molecule has 77 heavy (non-hydrogen) atoms. The number of esters is 3. The lowest BCUT2D eigenvalue weighted by molar-refractivity contribution is -0.167. The third-order valence-corrected chi connectivity index (χ3v) is 14.7. The molecule has 446 valence electrons. The maximum Gasteiger partial charge on any atom is 0.306 e. The van der Waals surface area contributed by atoms with Gasteiger partial charge in [0, 0.05) is 19.3 Å². The van der Waals surface area contributed by atoms with Gasteiger partial charge >= 0.3 is 17.9 Å². The summed E-state index contributed by atoms with van der Waals surface area (Å²) in [6.45, 7) is 6.51. The second kappa shape index (κ2) is 65.4. The number of hydrogen-bond donors (Lipinski definition) is 0. The highest BCUT2D eigenvalue weighted by molar-refractivity contribution is 5.71. The topological polar surface area (TPSA) is 78.9 Å². The van der Waals surface area contributed by atoms with E-state index in [9.17, 15) is 14.4 Å². The zero-order chi connectivity index (χ0) is 55.7. The number of carbonyl (C=O) groups is 3. The standard InChI is InChI=1S/C71H126O6/c1-4-7-10-13-16-19-21-23-25-27-28-29-30-31-32-33-34-35-36-37-38-39-40-41-42-44-45-47-49-52-55-58-61-64-70(73)76-67-68(66-75-69(72)63-60-57-54-51-18-15-12-9-6-3)77-71(74)65-62-59-56-53-50-48-46-43-26-24-22-20-17-14-11-8-5-2/h8,11,17,20-21,23-24,26-28,46,48,68H,4-7,9-10,12-16,18-19,22,25,29-45,47,49-67H2,1-3H3/b11-8-,20-17-,23-21-,26-24-,28-27-,48-46-. The van der Waals surface area contributed by atoms with Gasteiger partial charge < -0.3 is 14.2 Å². The summed E-state index contributed by atoms with van der Waals surface area (Å²) in [7, 11) is 0. The SMILES string of the molecule is CC/C=C\C/C=C\C/C=C\C/C=C\CCCCCCC(=O)OC(COC(=O)CCCCCCCCCCC)COC(=O)CCCCCCCCCCCCCCCCCCCCCCC/C=C\C/C=C\CCCCCCC. The monoisotopic (exact) mass is 1070 g/mol. The molecule has 0 aliphatic carbocycles. The fraction of sp³-hybridized carbons (Fsp3) is 0.789. The van der Waals surface area contributed by atoms with Crippen LogP contribution in [-0.2, 0) is 28.6 Å². The van der Waals surface area contributed by atoms with Crippen LogP contribution >= 0.6 is 0 Å². The quantitative estimate of drug-likeness (QED) is 0.0261. The van der Waals surface area contributed by atoms with Crippen LogP contribution in [0.3, 0.4) is 0 Å². The van der Waals surface area contributed by atoms with Gasteiger partial charge in [-0.25, -0.2) is 0 Å². The molecule has 0 aliphatic heterocycles. The lowest BCUT2D eigenvalue weighted by Gasteiger charge is -2.18. The summed E-state index contributed by atoms with van der Waals surface area (Å²) in [5.41, 5.74) is 0. The summed E-state index contributed by atoms with van der Waals surface area (Å²) in [5.74, 6) is -0.893. The molecule has 1 atom stereocenters. The lowest BCUT2D eigenvalue weighted by Crippen LogP contribution is -2.30. The van der Waals surface area contributed by atoms with Gasteiger partial charge in [-0.3, -0.25) is 14.4 Å². The summed E-state index contributed by atoms with van der Waals surface area (Å²) in [4.78, 5) is 38.2. The average molecular weight is 1080 g/mol. The maximum atomic E-state index is 12.9. The normalized spacial score (nSPS) is 12.5. The number of rotatable bonds is 61. The summed E-state index contributed by atoms with van der Waals surface area (Å²) >= 11 is 0. The Morgan fingerprint density at radius 3 is 0.792 bits per heavy atom. The minimum Gasteiger partial charge on any atom is -0.462 e. The van der Waals surface area contributed by atoms with Gasteiger partial charge in [-0.2, -0.15) is 0 Å². The molecule has 6 nitrogen and oxygen atoms in total. The van der Waals surface area contributed by atoms with Crippen molar-refractivity contribution in [3.05, 3.63) is 72.9 Å². The van der Waals surface area contributed by atoms with Crippen LogP contribution in [0.2, 0.25) is 0 Å². The summed E-state index contributed by atoms with van der Waals surface area (Å²) in [5, 5.41) is 0. The van der Waals surface area contributed by atoms with Gasteiger partial charge in [0.25, 0.3) is 0 Å². The second-order valence-corrected chi connectivity index (χ2v) is 22.4. The molecule has 0 aromatic rings. The summed E-state index contributed by atoms with van der Waals surface area (Å²) < 4.78 is 16.9. The Labute approximate surface area is 478 Å². The Bertz CT molecular complexity index is 1420. The van der Waals surface area contributed by atoms with Crippen molar-refractivity contribution in [2.45, 2.75) is 348 Å². The highest BCUT2D eigenvalue weighted by Crippen LogP contribution is 2.17. The summed E-state index contributed by atoms with van der Waals surface area (Å²) in [6, 6.07) is 0. The van der Waals surface area contributed by atoms with Crippen molar-refractivity contribution in [3.63, 3.8) is 0 Å². The molecule has 0 aromatic heterocycles. The van der Waals surface area contributed by atoms with E-state index in [1.54, 1.807) is 0 Å². The minimum absolute atomic E-state index is 0.0814. The maximum absolute atomic E-state index is 12.9. The summed E-state index contributed by atoms with van der Waals surface area (Å²) in [6.07, 6.45) is 85.2. The Morgan fingerprint density at radius 2 is 0.506 bits per heavy atom. The molecular formula is C71H126O6. The molecule has 0 N–H and O–H groups in total. The van der Waals surface area contributed by atoms with Crippen molar-refractivity contribution < 1.29 is 28.6 Å². The third-order valence-electron chi connectivity index (χ3n) is 14.7. The van der Waals surface area contributed by atoms with Gasteiger partial charge in [-0.05, 0) is 89.9 Å². The molecule has 0 amide bonds. The van der Waals surface area contributed by atoms with E-state index >= 15 is 0 Å². The number of ether oxygens (including phenoxy) is 3. The Morgan fingerprint density at radius 1 is 0.273 bits per heavy atom. The molecule has 0 saturated heterocycles. The Hall–Kier alpha value is -3.15. The van der Waals surface area contributed by atoms with E-state index in [1.165, 1.54) is 199 Å². The number of carbonyl (C=O) groups excluding carboxylic acids is 3. The molecular weight excluding hydrogens is 949 g/mol. The van der Waals surface area contributed by atoms with Gasteiger partial charge in [-0.1, -0.05) is 306 Å².